The van der Waals surface area contributed by atoms with E-state index in [1.807, 2.05) is 13.8 Å². The third kappa shape index (κ3) is 3.54. The molecule has 0 spiro atoms. The molecule has 1 aliphatic carbocycles. The number of nitrogens with zero attached hydrogens (tertiary/aromatic N) is 2. The molecule has 5 nitrogen and oxygen atoms in total. The Morgan fingerprint density at radius 2 is 2.00 bits per heavy atom. The summed E-state index contributed by atoms with van der Waals surface area (Å²) in [6.45, 7) is 4.40. The first-order valence-electron chi connectivity index (χ1n) is 7.40. The van der Waals surface area contributed by atoms with Gasteiger partial charge in [-0.05, 0) is 19.3 Å². The molecular weight excluding hydrogens is 242 g/mol. The standard InChI is InChI=1S/C14H25N3O2/c1-3-12(18)10-15-14(8-6-4-5-7-9-14)13-16-11(2)19-17-13/h12,15,18H,3-10H2,1-2H3/t12-/m1/s1. The van der Waals surface area contributed by atoms with Crippen molar-refractivity contribution in [1.82, 2.24) is 15.5 Å². The summed E-state index contributed by atoms with van der Waals surface area (Å²) in [4.78, 5) is 4.43. The lowest BCUT2D eigenvalue weighted by Gasteiger charge is -2.31. The van der Waals surface area contributed by atoms with Gasteiger partial charge in [-0.25, -0.2) is 0 Å². The van der Waals surface area contributed by atoms with Gasteiger partial charge in [0.15, 0.2) is 5.82 Å². The van der Waals surface area contributed by atoms with Crippen molar-refractivity contribution in [3.8, 4) is 0 Å². The average Bonchev–Trinajstić information content (AvgIpc) is 2.72. The van der Waals surface area contributed by atoms with Gasteiger partial charge in [0.25, 0.3) is 0 Å². The lowest BCUT2D eigenvalue weighted by molar-refractivity contribution is 0.140. The predicted octanol–water partition coefficient (Wildman–Crippen LogP) is 2.29. The van der Waals surface area contributed by atoms with Gasteiger partial charge in [-0.3, -0.25) is 0 Å². The van der Waals surface area contributed by atoms with Gasteiger partial charge in [0.2, 0.25) is 5.89 Å². The van der Waals surface area contributed by atoms with Gasteiger partial charge in [0.1, 0.15) is 0 Å². The molecule has 1 atom stereocenters. The van der Waals surface area contributed by atoms with E-state index in [1.54, 1.807) is 0 Å². The summed E-state index contributed by atoms with van der Waals surface area (Å²) in [5, 5.41) is 17.4. The number of hydrogen-bond donors (Lipinski definition) is 2. The first-order valence-corrected chi connectivity index (χ1v) is 7.40. The summed E-state index contributed by atoms with van der Waals surface area (Å²) < 4.78 is 5.15. The zero-order valence-corrected chi connectivity index (χ0v) is 12.0. The van der Waals surface area contributed by atoms with E-state index in [9.17, 15) is 5.11 Å². The molecule has 1 aromatic rings. The van der Waals surface area contributed by atoms with Crippen LogP contribution in [-0.2, 0) is 5.54 Å². The van der Waals surface area contributed by atoms with Gasteiger partial charge < -0.3 is 14.9 Å². The molecule has 19 heavy (non-hydrogen) atoms. The minimum Gasteiger partial charge on any atom is -0.392 e. The Balaban J connectivity index is 2.16. The molecule has 0 saturated heterocycles. The van der Waals surface area contributed by atoms with Crippen molar-refractivity contribution in [2.24, 2.45) is 0 Å². The summed E-state index contributed by atoms with van der Waals surface area (Å²) in [7, 11) is 0. The van der Waals surface area contributed by atoms with Gasteiger partial charge in [0.05, 0.1) is 11.6 Å². The molecule has 5 heteroatoms. The van der Waals surface area contributed by atoms with Crippen molar-refractivity contribution >= 4 is 0 Å². The number of rotatable bonds is 5. The Morgan fingerprint density at radius 3 is 2.53 bits per heavy atom. The van der Waals surface area contributed by atoms with Crippen LogP contribution in [0.3, 0.4) is 0 Å². The first kappa shape index (κ1) is 14.5. The van der Waals surface area contributed by atoms with E-state index in [0.717, 1.165) is 25.1 Å². The van der Waals surface area contributed by atoms with E-state index in [1.165, 1.54) is 25.7 Å². The summed E-state index contributed by atoms with van der Waals surface area (Å²) in [6.07, 6.45) is 7.34. The lowest BCUT2D eigenvalue weighted by atomic mass is 9.89. The maximum absolute atomic E-state index is 9.80. The van der Waals surface area contributed by atoms with Crippen molar-refractivity contribution in [3.05, 3.63) is 11.7 Å². The van der Waals surface area contributed by atoms with E-state index < -0.39 is 0 Å². The van der Waals surface area contributed by atoms with Crippen molar-refractivity contribution in [3.63, 3.8) is 0 Å². The second kappa shape index (κ2) is 6.48. The van der Waals surface area contributed by atoms with Crippen LogP contribution in [-0.4, -0.2) is 27.9 Å². The molecule has 1 fully saturated rings. The molecule has 1 aromatic heterocycles. The predicted molar refractivity (Wildman–Crippen MR) is 72.7 cm³/mol. The second-order valence-electron chi connectivity index (χ2n) is 5.58. The monoisotopic (exact) mass is 267 g/mol. The minimum absolute atomic E-state index is 0.218. The van der Waals surface area contributed by atoms with Gasteiger partial charge in [-0.1, -0.05) is 37.8 Å². The van der Waals surface area contributed by atoms with Crippen molar-refractivity contribution in [2.45, 2.75) is 70.4 Å². The first-order chi connectivity index (χ1) is 9.16. The lowest BCUT2D eigenvalue weighted by Crippen LogP contribution is -2.46. The zero-order valence-electron chi connectivity index (χ0n) is 12.0. The van der Waals surface area contributed by atoms with E-state index in [2.05, 4.69) is 15.5 Å². The minimum atomic E-state index is -0.312. The molecule has 0 aliphatic heterocycles. The molecule has 2 rings (SSSR count). The topological polar surface area (TPSA) is 71.2 Å². The number of aliphatic hydroxyl groups is 1. The summed E-state index contributed by atoms with van der Waals surface area (Å²) in [5.41, 5.74) is -0.218. The van der Waals surface area contributed by atoms with E-state index in [4.69, 9.17) is 4.52 Å². The SMILES string of the molecule is CC[C@@H](O)CNC1(c2noc(C)n2)CCCCCC1. The Hall–Kier alpha value is -0.940. The normalized spacial score (nSPS) is 21.0. The highest BCUT2D eigenvalue weighted by Crippen LogP contribution is 2.34. The summed E-state index contributed by atoms with van der Waals surface area (Å²) in [6, 6.07) is 0. The highest BCUT2D eigenvalue weighted by Gasteiger charge is 2.37. The smallest absolute Gasteiger partial charge is 0.223 e. The van der Waals surface area contributed by atoms with Gasteiger partial charge in [0, 0.05) is 13.5 Å². The van der Waals surface area contributed by atoms with Crippen molar-refractivity contribution in [2.75, 3.05) is 6.54 Å². The number of nitrogens with one attached hydrogen (secondary N) is 1. The molecule has 0 aromatic carbocycles. The zero-order chi connectivity index (χ0) is 13.7. The van der Waals surface area contributed by atoms with Crippen LogP contribution in [0.15, 0.2) is 4.52 Å². The van der Waals surface area contributed by atoms with Crippen molar-refractivity contribution < 1.29 is 9.63 Å². The third-order valence-corrected chi connectivity index (χ3v) is 4.06. The molecule has 2 N–H and O–H groups in total. The third-order valence-electron chi connectivity index (χ3n) is 4.06. The Bertz CT molecular complexity index is 384. The second-order valence-corrected chi connectivity index (χ2v) is 5.58. The van der Waals surface area contributed by atoms with E-state index >= 15 is 0 Å². The fourth-order valence-corrected chi connectivity index (χ4v) is 2.76. The molecule has 1 aliphatic rings. The van der Waals surface area contributed by atoms with Crippen LogP contribution in [0.25, 0.3) is 0 Å². The number of aryl methyl sites for hydroxylation is 1. The van der Waals surface area contributed by atoms with Gasteiger partial charge in [-0.15, -0.1) is 0 Å². The maximum Gasteiger partial charge on any atom is 0.223 e. The fraction of sp³-hybridized carbons (Fsp3) is 0.857. The van der Waals surface area contributed by atoms with Crippen LogP contribution >= 0.6 is 0 Å². The maximum atomic E-state index is 9.80. The number of hydrogen-bond acceptors (Lipinski definition) is 5. The molecule has 1 heterocycles. The van der Waals surface area contributed by atoms with Crippen LogP contribution in [0.5, 0.6) is 0 Å². The van der Waals surface area contributed by atoms with Gasteiger partial charge in [-0.2, -0.15) is 4.98 Å². The highest BCUT2D eigenvalue weighted by atomic mass is 16.5. The quantitative estimate of drug-likeness (QED) is 0.801. The summed E-state index contributed by atoms with van der Waals surface area (Å²) in [5.74, 6) is 1.37. The van der Waals surface area contributed by atoms with E-state index in [-0.39, 0.29) is 11.6 Å². The Labute approximate surface area is 114 Å². The van der Waals surface area contributed by atoms with Crippen molar-refractivity contribution in [1.29, 1.82) is 0 Å². The average molecular weight is 267 g/mol. The van der Waals surface area contributed by atoms with Crippen LogP contribution in [0, 0.1) is 6.92 Å². The van der Waals surface area contributed by atoms with Crippen LogP contribution in [0.2, 0.25) is 0 Å². The largest absolute Gasteiger partial charge is 0.392 e. The van der Waals surface area contributed by atoms with Crippen LogP contribution < -0.4 is 5.32 Å². The highest BCUT2D eigenvalue weighted by molar-refractivity contribution is 5.06. The molecular formula is C14H25N3O2. The number of aliphatic hydroxyl groups excluding tert-OH is 1. The van der Waals surface area contributed by atoms with Gasteiger partial charge >= 0.3 is 0 Å². The summed E-state index contributed by atoms with van der Waals surface area (Å²) >= 11 is 0. The van der Waals surface area contributed by atoms with Crippen LogP contribution in [0.1, 0.15) is 63.6 Å². The molecule has 1 saturated carbocycles. The Morgan fingerprint density at radius 1 is 1.32 bits per heavy atom. The molecule has 0 amide bonds. The fourth-order valence-electron chi connectivity index (χ4n) is 2.76. The number of aromatic nitrogens is 2. The molecule has 0 unspecified atom stereocenters. The van der Waals surface area contributed by atoms with Crippen LogP contribution in [0.4, 0.5) is 0 Å². The van der Waals surface area contributed by atoms with E-state index in [0.29, 0.717) is 12.4 Å². The Kier molecular flexibility index (Phi) is 4.93. The molecule has 0 radical (unpaired) electrons. The molecule has 0 bridgehead atoms. The molecule has 108 valence electrons.